The van der Waals surface area contributed by atoms with E-state index in [2.05, 4.69) is 46.5 Å². The van der Waals surface area contributed by atoms with Crippen LogP contribution in [0, 0.1) is 0 Å². The van der Waals surface area contributed by atoms with Gasteiger partial charge in [0.25, 0.3) is 0 Å². The molecule has 92 valence electrons. The van der Waals surface area contributed by atoms with Gasteiger partial charge in [0, 0.05) is 30.8 Å². The van der Waals surface area contributed by atoms with Gasteiger partial charge in [0.2, 0.25) is 0 Å². The number of rotatable bonds is 3. The van der Waals surface area contributed by atoms with Gasteiger partial charge in [-0.15, -0.1) is 0 Å². The number of nitrogens with zero attached hydrogens (tertiary/aromatic N) is 2. The Morgan fingerprint density at radius 3 is 2.56 bits per heavy atom. The van der Waals surface area contributed by atoms with Crippen molar-refractivity contribution in [3.63, 3.8) is 0 Å². The van der Waals surface area contributed by atoms with E-state index in [0.717, 1.165) is 31.0 Å². The number of aromatic nitrogens is 2. The predicted octanol–water partition coefficient (Wildman–Crippen LogP) is 2.39. The molecule has 1 aromatic heterocycles. The Bertz CT molecular complexity index is 530. The number of hydrogen-bond donors (Lipinski definition) is 1. The second-order valence-corrected chi connectivity index (χ2v) is 4.71. The molecule has 0 unspecified atom stereocenters. The first-order valence-corrected chi connectivity index (χ1v) is 6.50. The molecule has 1 fully saturated rings. The van der Waals surface area contributed by atoms with Crippen molar-refractivity contribution >= 4 is 0 Å². The fraction of sp³-hybridized carbons (Fsp3) is 0.333. The maximum Gasteiger partial charge on any atom is 0.134 e. The second-order valence-electron chi connectivity index (χ2n) is 4.71. The summed E-state index contributed by atoms with van der Waals surface area (Å²) in [5, 5.41) is 3.25. The van der Waals surface area contributed by atoms with Crippen molar-refractivity contribution in [2.45, 2.75) is 19.3 Å². The highest BCUT2D eigenvalue weighted by Gasteiger charge is 2.21. The Hall–Kier alpha value is -1.74. The lowest BCUT2D eigenvalue weighted by Crippen LogP contribution is -2.40. The molecule has 0 atom stereocenters. The van der Waals surface area contributed by atoms with Crippen LogP contribution in [0.3, 0.4) is 0 Å². The molecule has 3 nitrogen and oxygen atoms in total. The number of hydrogen-bond acceptors (Lipinski definition) is 3. The first kappa shape index (κ1) is 11.4. The number of aryl methyl sites for hydroxylation is 1. The normalized spacial score (nSPS) is 15.4. The molecule has 3 heteroatoms. The van der Waals surface area contributed by atoms with Crippen molar-refractivity contribution < 1.29 is 0 Å². The third kappa shape index (κ3) is 2.14. The van der Waals surface area contributed by atoms with Crippen LogP contribution in [-0.4, -0.2) is 23.1 Å². The van der Waals surface area contributed by atoms with Crippen molar-refractivity contribution in [1.82, 2.24) is 15.3 Å². The molecule has 0 amide bonds. The van der Waals surface area contributed by atoms with Crippen LogP contribution in [0.5, 0.6) is 0 Å². The molecule has 2 heterocycles. The fourth-order valence-corrected chi connectivity index (χ4v) is 2.11. The Morgan fingerprint density at radius 1 is 1.17 bits per heavy atom. The largest absolute Gasteiger partial charge is 0.315 e. The molecule has 1 aliphatic rings. The lowest BCUT2D eigenvalue weighted by molar-refractivity contribution is 0.430. The van der Waals surface area contributed by atoms with Gasteiger partial charge in [0.05, 0.1) is 5.69 Å². The molecule has 1 N–H and O–H groups in total. The Labute approximate surface area is 107 Å². The highest BCUT2D eigenvalue weighted by atomic mass is 15.0. The molecule has 1 saturated heterocycles. The maximum atomic E-state index is 4.67. The summed E-state index contributed by atoms with van der Waals surface area (Å²) >= 11 is 0. The summed E-state index contributed by atoms with van der Waals surface area (Å²) in [5.41, 5.74) is 3.55. The molecule has 0 saturated carbocycles. The lowest BCUT2D eigenvalue weighted by atomic mass is 10.0. The number of benzene rings is 1. The van der Waals surface area contributed by atoms with Crippen LogP contribution in [0.2, 0.25) is 0 Å². The van der Waals surface area contributed by atoms with Crippen LogP contribution in [-0.2, 0) is 6.42 Å². The van der Waals surface area contributed by atoms with Crippen LogP contribution in [0.4, 0.5) is 0 Å². The Morgan fingerprint density at radius 2 is 1.94 bits per heavy atom. The third-order valence-electron chi connectivity index (χ3n) is 3.48. The monoisotopic (exact) mass is 239 g/mol. The SMILES string of the molecule is CCc1ccc(-c2ccnc(C3CNC3)n2)cc1. The van der Waals surface area contributed by atoms with E-state index in [1.165, 1.54) is 11.1 Å². The van der Waals surface area contributed by atoms with Gasteiger partial charge in [0.1, 0.15) is 5.82 Å². The van der Waals surface area contributed by atoms with E-state index in [4.69, 9.17) is 0 Å². The zero-order valence-electron chi connectivity index (χ0n) is 10.6. The zero-order chi connectivity index (χ0) is 12.4. The van der Waals surface area contributed by atoms with E-state index in [1.54, 1.807) is 0 Å². The summed E-state index contributed by atoms with van der Waals surface area (Å²) in [6.07, 6.45) is 2.94. The van der Waals surface area contributed by atoms with Crippen molar-refractivity contribution in [2.75, 3.05) is 13.1 Å². The molecule has 0 radical (unpaired) electrons. The minimum absolute atomic E-state index is 0.486. The van der Waals surface area contributed by atoms with Gasteiger partial charge in [-0.3, -0.25) is 0 Å². The van der Waals surface area contributed by atoms with Gasteiger partial charge < -0.3 is 5.32 Å². The van der Waals surface area contributed by atoms with Crippen LogP contribution in [0.25, 0.3) is 11.3 Å². The van der Waals surface area contributed by atoms with Crippen molar-refractivity contribution in [3.8, 4) is 11.3 Å². The molecule has 3 rings (SSSR count). The zero-order valence-corrected chi connectivity index (χ0v) is 10.6. The number of nitrogens with one attached hydrogen (secondary N) is 1. The molecular formula is C15H17N3. The first-order valence-electron chi connectivity index (χ1n) is 6.50. The van der Waals surface area contributed by atoms with Gasteiger partial charge in [-0.1, -0.05) is 31.2 Å². The molecule has 1 aliphatic heterocycles. The Kier molecular flexibility index (Phi) is 3.07. The summed E-state index contributed by atoms with van der Waals surface area (Å²) in [4.78, 5) is 9.04. The van der Waals surface area contributed by atoms with Gasteiger partial charge in [-0.05, 0) is 18.1 Å². The molecule has 0 spiro atoms. The van der Waals surface area contributed by atoms with Crippen molar-refractivity contribution in [3.05, 3.63) is 47.9 Å². The third-order valence-corrected chi connectivity index (χ3v) is 3.48. The van der Waals surface area contributed by atoms with Crippen molar-refractivity contribution in [1.29, 1.82) is 0 Å². The Balaban J connectivity index is 1.90. The molecule has 18 heavy (non-hydrogen) atoms. The van der Waals surface area contributed by atoms with Crippen LogP contribution < -0.4 is 5.32 Å². The highest BCUT2D eigenvalue weighted by molar-refractivity contribution is 5.59. The maximum absolute atomic E-state index is 4.67. The summed E-state index contributed by atoms with van der Waals surface area (Å²) in [6, 6.07) is 10.6. The fourth-order valence-electron chi connectivity index (χ4n) is 2.11. The summed E-state index contributed by atoms with van der Waals surface area (Å²) in [5.74, 6) is 1.45. The first-order chi connectivity index (χ1) is 8.86. The van der Waals surface area contributed by atoms with E-state index >= 15 is 0 Å². The molecule has 1 aromatic carbocycles. The summed E-state index contributed by atoms with van der Waals surface area (Å²) in [6.45, 7) is 4.16. The average molecular weight is 239 g/mol. The second kappa shape index (κ2) is 4.86. The van der Waals surface area contributed by atoms with E-state index in [1.807, 2.05) is 12.3 Å². The van der Waals surface area contributed by atoms with Crippen LogP contribution in [0.15, 0.2) is 36.5 Å². The summed E-state index contributed by atoms with van der Waals surface area (Å²) in [7, 11) is 0. The summed E-state index contributed by atoms with van der Waals surface area (Å²) < 4.78 is 0. The van der Waals surface area contributed by atoms with Gasteiger partial charge in [-0.25, -0.2) is 9.97 Å². The van der Waals surface area contributed by atoms with Crippen LogP contribution in [0.1, 0.15) is 24.2 Å². The van der Waals surface area contributed by atoms with E-state index < -0.39 is 0 Å². The predicted molar refractivity (Wildman–Crippen MR) is 72.5 cm³/mol. The highest BCUT2D eigenvalue weighted by Crippen LogP contribution is 2.21. The smallest absolute Gasteiger partial charge is 0.134 e. The average Bonchev–Trinajstić information content (AvgIpc) is 2.37. The minimum atomic E-state index is 0.486. The standard InChI is InChI=1S/C15H17N3/c1-2-11-3-5-12(6-4-11)14-7-8-17-15(18-14)13-9-16-10-13/h3-8,13,16H,2,9-10H2,1H3. The molecule has 2 aromatic rings. The minimum Gasteiger partial charge on any atom is -0.315 e. The van der Waals surface area contributed by atoms with Crippen molar-refractivity contribution in [2.24, 2.45) is 0 Å². The quantitative estimate of drug-likeness (QED) is 0.893. The van der Waals surface area contributed by atoms with E-state index in [0.29, 0.717) is 5.92 Å². The van der Waals surface area contributed by atoms with E-state index in [9.17, 15) is 0 Å². The molecule has 0 bridgehead atoms. The lowest BCUT2D eigenvalue weighted by Gasteiger charge is -2.25. The van der Waals surface area contributed by atoms with E-state index in [-0.39, 0.29) is 0 Å². The van der Waals surface area contributed by atoms with Gasteiger partial charge >= 0.3 is 0 Å². The van der Waals surface area contributed by atoms with Crippen LogP contribution >= 0.6 is 0 Å². The molecule has 0 aliphatic carbocycles. The topological polar surface area (TPSA) is 37.8 Å². The molecular weight excluding hydrogens is 222 g/mol. The van der Waals surface area contributed by atoms with Gasteiger partial charge in [0.15, 0.2) is 0 Å². The van der Waals surface area contributed by atoms with Gasteiger partial charge in [-0.2, -0.15) is 0 Å².